The van der Waals surface area contributed by atoms with Gasteiger partial charge in [0, 0.05) is 16.7 Å². The Morgan fingerprint density at radius 3 is 2.19 bits per heavy atom. The first kappa shape index (κ1) is 24.3. The van der Waals surface area contributed by atoms with E-state index >= 15 is 0 Å². The fourth-order valence-corrected chi connectivity index (χ4v) is 5.42. The predicted molar refractivity (Wildman–Crippen MR) is 110 cm³/mol. The highest BCUT2D eigenvalue weighted by atomic mass is 32.2. The minimum absolute atomic E-state index is 0.0472. The molecule has 0 aliphatic carbocycles. The van der Waals surface area contributed by atoms with E-state index in [9.17, 15) is 9.36 Å². The zero-order valence-corrected chi connectivity index (χ0v) is 19.3. The van der Waals surface area contributed by atoms with E-state index in [4.69, 9.17) is 18.2 Å². The number of carbonyl (C=O) groups is 1. The largest absolute Gasteiger partial charge is 0.465 e. The molecule has 0 atom stereocenters. The van der Waals surface area contributed by atoms with Gasteiger partial charge in [-0.25, -0.2) is 4.79 Å². The SMILES string of the molecule is CCCCSCc1c(C(C)(C)C)oc(P(=O)(OCC)OCC)c1C(=O)OC. The van der Waals surface area contributed by atoms with Crippen molar-refractivity contribution in [3.8, 4) is 0 Å². The molecule has 0 saturated carbocycles. The van der Waals surface area contributed by atoms with Gasteiger partial charge in [-0.1, -0.05) is 34.1 Å². The average Bonchev–Trinajstić information content (AvgIpc) is 2.99. The van der Waals surface area contributed by atoms with Crippen LogP contribution in [0.2, 0.25) is 0 Å². The number of unbranched alkanes of at least 4 members (excludes halogenated alkanes) is 1. The van der Waals surface area contributed by atoms with Gasteiger partial charge < -0.3 is 18.2 Å². The third-order valence-electron chi connectivity index (χ3n) is 3.79. The Morgan fingerprint density at radius 1 is 1.15 bits per heavy atom. The summed E-state index contributed by atoms with van der Waals surface area (Å²) in [6, 6.07) is 0. The summed E-state index contributed by atoms with van der Waals surface area (Å²) >= 11 is 1.71. The van der Waals surface area contributed by atoms with Crippen molar-refractivity contribution in [3.05, 3.63) is 16.9 Å². The number of thioether (sulfide) groups is 1. The maximum Gasteiger partial charge on any atom is 0.397 e. The van der Waals surface area contributed by atoms with Crippen LogP contribution in [0.1, 0.15) is 76.1 Å². The second-order valence-corrected chi connectivity index (χ2v) is 10.1. The van der Waals surface area contributed by atoms with E-state index < -0.39 is 13.6 Å². The second kappa shape index (κ2) is 10.7. The number of furan rings is 1. The molecule has 1 aromatic heterocycles. The Kier molecular flexibility index (Phi) is 9.63. The van der Waals surface area contributed by atoms with E-state index in [1.54, 1.807) is 25.6 Å². The average molecular weight is 421 g/mol. The third-order valence-corrected chi connectivity index (χ3v) is 6.87. The van der Waals surface area contributed by atoms with Crippen molar-refractivity contribution in [2.75, 3.05) is 26.1 Å². The van der Waals surface area contributed by atoms with Crippen LogP contribution < -0.4 is 5.50 Å². The monoisotopic (exact) mass is 420 g/mol. The van der Waals surface area contributed by atoms with Crippen molar-refractivity contribution in [3.63, 3.8) is 0 Å². The lowest BCUT2D eigenvalue weighted by atomic mass is 9.90. The van der Waals surface area contributed by atoms with Crippen LogP contribution in [0.5, 0.6) is 0 Å². The van der Waals surface area contributed by atoms with Gasteiger partial charge in [-0.05, 0) is 26.0 Å². The van der Waals surface area contributed by atoms with Crippen molar-refractivity contribution in [2.45, 2.75) is 65.6 Å². The van der Waals surface area contributed by atoms with Crippen molar-refractivity contribution < 1.29 is 27.6 Å². The quantitative estimate of drug-likeness (QED) is 0.274. The minimum Gasteiger partial charge on any atom is -0.465 e. The number of hydrogen-bond donors (Lipinski definition) is 0. The Hall–Kier alpha value is -0.750. The Balaban J connectivity index is 3.60. The van der Waals surface area contributed by atoms with Crippen LogP contribution in [-0.2, 0) is 29.5 Å². The Morgan fingerprint density at radius 2 is 1.74 bits per heavy atom. The lowest BCUT2D eigenvalue weighted by molar-refractivity contribution is 0.0600. The van der Waals surface area contributed by atoms with Gasteiger partial charge in [0.15, 0.2) is 0 Å². The number of rotatable bonds is 11. The molecule has 156 valence electrons. The molecule has 27 heavy (non-hydrogen) atoms. The van der Waals surface area contributed by atoms with E-state index in [-0.39, 0.29) is 29.7 Å². The number of carbonyl (C=O) groups excluding carboxylic acids is 1. The summed E-state index contributed by atoms with van der Waals surface area (Å²) in [7, 11) is -2.47. The van der Waals surface area contributed by atoms with Gasteiger partial charge in [0.05, 0.1) is 20.3 Å². The summed E-state index contributed by atoms with van der Waals surface area (Å²) < 4.78 is 35.3. The summed E-state index contributed by atoms with van der Waals surface area (Å²) in [5.74, 6) is 1.56. The fraction of sp³-hybridized carbons (Fsp3) is 0.737. The number of esters is 1. The van der Waals surface area contributed by atoms with Crippen LogP contribution in [-0.4, -0.2) is 32.0 Å². The first-order valence-electron chi connectivity index (χ1n) is 9.38. The molecule has 0 bridgehead atoms. The van der Waals surface area contributed by atoms with Crippen molar-refractivity contribution in [1.82, 2.24) is 0 Å². The molecule has 1 heterocycles. The highest BCUT2D eigenvalue weighted by Crippen LogP contribution is 2.50. The van der Waals surface area contributed by atoms with E-state index in [0.29, 0.717) is 17.1 Å². The Bertz CT molecular complexity index is 652. The number of methoxy groups -OCH3 is 1. The van der Waals surface area contributed by atoms with Crippen molar-refractivity contribution >= 4 is 30.8 Å². The summed E-state index contributed by atoms with van der Waals surface area (Å²) in [5.41, 5.74) is 0.459. The van der Waals surface area contributed by atoms with Crippen LogP contribution in [0.25, 0.3) is 0 Å². The van der Waals surface area contributed by atoms with Gasteiger partial charge in [0.1, 0.15) is 11.3 Å². The number of hydrogen-bond acceptors (Lipinski definition) is 7. The van der Waals surface area contributed by atoms with Crippen molar-refractivity contribution in [1.29, 1.82) is 0 Å². The molecule has 0 spiro atoms. The third kappa shape index (κ3) is 6.11. The van der Waals surface area contributed by atoms with Gasteiger partial charge in [-0.15, -0.1) is 0 Å². The van der Waals surface area contributed by atoms with Gasteiger partial charge in [-0.3, -0.25) is 4.57 Å². The molecule has 8 heteroatoms. The summed E-state index contributed by atoms with van der Waals surface area (Å²) in [5, 5.41) is 0. The van der Waals surface area contributed by atoms with Crippen LogP contribution in [0.4, 0.5) is 0 Å². The van der Waals surface area contributed by atoms with E-state index in [2.05, 4.69) is 6.92 Å². The van der Waals surface area contributed by atoms with E-state index in [1.165, 1.54) is 7.11 Å². The summed E-state index contributed by atoms with van der Waals surface area (Å²) in [6.45, 7) is 11.9. The van der Waals surface area contributed by atoms with Crippen LogP contribution in [0.15, 0.2) is 4.42 Å². The molecule has 6 nitrogen and oxygen atoms in total. The lowest BCUT2D eigenvalue weighted by Crippen LogP contribution is -2.19. The minimum atomic E-state index is -3.77. The standard InChI is InChI=1S/C19H33O6PS/c1-8-11-12-27-13-14-15(17(20)22-7)18(25-16(14)19(4,5)6)26(21,23-9-2)24-10-3/h8-13H2,1-7H3. The lowest BCUT2D eigenvalue weighted by Gasteiger charge is -2.18. The van der Waals surface area contributed by atoms with Crippen LogP contribution in [0.3, 0.4) is 0 Å². The molecule has 0 unspecified atom stereocenters. The molecule has 0 radical (unpaired) electrons. The van der Waals surface area contributed by atoms with Crippen LogP contribution >= 0.6 is 19.4 Å². The molecule has 0 aliphatic heterocycles. The highest BCUT2D eigenvalue weighted by molar-refractivity contribution is 7.98. The molecule has 0 saturated heterocycles. The summed E-state index contributed by atoms with van der Waals surface area (Å²) in [4.78, 5) is 12.6. The van der Waals surface area contributed by atoms with E-state index in [1.807, 2.05) is 20.8 Å². The first-order chi connectivity index (χ1) is 12.7. The number of ether oxygens (including phenoxy) is 1. The zero-order valence-electron chi connectivity index (χ0n) is 17.5. The zero-order chi connectivity index (χ0) is 20.7. The second-order valence-electron chi connectivity index (χ2n) is 7.07. The van der Waals surface area contributed by atoms with Crippen LogP contribution in [0, 0.1) is 0 Å². The first-order valence-corrected chi connectivity index (χ1v) is 12.1. The van der Waals surface area contributed by atoms with Crippen molar-refractivity contribution in [2.24, 2.45) is 0 Å². The molecular formula is C19H33O6PS. The molecule has 1 aromatic rings. The van der Waals surface area contributed by atoms with Gasteiger partial charge in [-0.2, -0.15) is 11.8 Å². The van der Waals surface area contributed by atoms with Gasteiger partial charge in [0.25, 0.3) is 0 Å². The maximum atomic E-state index is 13.4. The fourth-order valence-electron chi connectivity index (χ4n) is 2.62. The topological polar surface area (TPSA) is 75.0 Å². The van der Waals surface area contributed by atoms with Gasteiger partial charge >= 0.3 is 13.6 Å². The summed E-state index contributed by atoms with van der Waals surface area (Å²) in [6.07, 6.45) is 2.19. The highest BCUT2D eigenvalue weighted by Gasteiger charge is 2.42. The maximum absolute atomic E-state index is 13.4. The normalized spacial score (nSPS) is 12.4. The van der Waals surface area contributed by atoms with E-state index in [0.717, 1.165) is 18.6 Å². The molecular weight excluding hydrogens is 387 g/mol. The predicted octanol–water partition coefficient (Wildman–Crippen LogP) is 5.29. The molecule has 1 rings (SSSR count). The molecule has 0 fully saturated rings. The smallest absolute Gasteiger partial charge is 0.397 e. The Labute approximate surface area is 167 Å². The molecule has 0 aromatic carbocycles. The molecule has 0 aliphatic rings. The molecule has 0 amide bonds. The molecule has 0 N–H and O–H groups in total. The van der Waals surface area contributed by atoms with Gasteiger partial charge in [0.2, 0.25) is 5.50 Å².